The second-order valence-electron chi connectivity index (χ2n) is 5.69. The number of amides is 1. The number of rotatable bonds is 5. The van der Waals surface area contributed by atoms with Gasteiger partial charge in [0.2, 0.25) is 10.0 Å². The van der Waals surface area contributed by atoms with Crippen LogP contribution in [0.15, 0.2) is 23.1 Å². The van der Waals surface area contributed by atoms with Crippen molar-refractivity contribution < 1.29 is 17.9 Å². The average Bonchev–Trinajstić information content (AvgIpc) is 2.54. The third-order valence-corrected chi connectivity index (χ3v) is 6.13. The lowest BCUT2D eigenvalue weighted by Crippen LogP contribution is -2.42. The van der Waals surface area contributed by atoms with E-state index < -0.39 is 10.0 Å². The number of carbonyl (C=O) groups excluding carboxylic acids is 1. The molecule has 1 aromatic rings. The normalized spacial score (nSPS) is 19.3. The van der Waals surface area contributed by atoms with Gasteiger partial charge in [-0.2, -0.15) is 4.31 Å². The molecule has 1 N–H and O–H groups in total. The van der Waals surface area contributed by atoms with E-state index in [1.165, 1.54) is 23.5 Å². The number of piperidine rings is 1. The van der Waals surface area contributed by atoms with Crippen LogP contribution in [0, 0.1) is 0 Å². The Kier molecular flexibility index (Phi) is 5.64. The van der Waals surface area contributed by atoms with Gasteiger partial charge in [-0.05, 0) is 44.9 Å². The Labute approximate surface area is 137 Å². The predicted octanol–water partition coefficient (Wildman–Crippen LogP) is 2.01. The molecule has 0 bridgehead atoms. The van der Waals surface area contributed by atoms with Gasteiger partial charge in [0.1, 0.15) is 10.6 Å². The first-order chi connectivity index (χ1) is 10.9. The van der Waals surface area contributed by atoms with Gasteiger partial charge in [-0.15, -0.1) is 0 Å². The molecule has 128 valence electrons. The molecule has 7 heteroatoms. The van der Waals surface area contributed by atoms with Crippen molar-refractivity contribution in [1.29, 1.82) is 0 Å². The molecule has 1 aliphatic rings. The summed E-state index contributed by atoms with van der Waals surface area (Å²) in [7, 11) is -2.27. The summed E-state index contributed by atoms with van der Waals surface area (Å²) < 4.78 is 32.8. The fraction of sp³-hybridized carbons (Fsp3) is 0.562. The molecule has 23 heavy (non-hydrogen) atoms. The average molecular weight is 340 g/mol. The van der Waals surface area contributed by atoms with Crippen LogP contribution in [0.3, 0.4) is 0 Å². The number of hydrogen-bond donors (Lipinski definition) is 1. The number of nitrogens with zero attached hydrogens (tertiary/aromatic N) is 1. The van der Waals surface area contributed by atoms with Crippen LogP contribution in [0.5, 0.6) is 5.75 Å². The van der Waals surface area contributed by atoms with Crippen LogP contribution in [0.2, 0.25) is 0 Å². The molecule has 1 amide bonds. The second kappa shape index (κ2) is 7.31. The zero-order chi connectivity index (χ0) is 17.0. The number of sulfonamides is 1. The number of methoxy groups -OCH3 is 1. The Bertz CT molecular complexity index is 673. The van der Waals surface area contributed by atoms with Gasteiger partial charge in [-0.3, -0.25) is 4.79 Å². The summed E-state index contributed by atoms with van der Waals surface area (Å²) in [6.07, 6.45) is 2.72. The van der Waals surface area contributed by atoms with E-state index in [1.54, 1.807) is 6.07 Å². The molecule has 1 atom stereocenters. The molecule has 2 rings (SSSR count). The van der Waals surface area contributed by atoms with E-state index in [0.29, 0.717) is 18.7 Å². The molecule has 0 aliphatic carbocycles. The van der Waals surface area contributed by atoms with Gasteiger partial charge >= 0.3 is 0 Å². The van der Waals surface area contributed by atoms with E-state index in [0.717, 1.165) is 19.3 Å². The molecule has 0 spiro atoms. The molecular weight excluding hydrogens is 316 g/mol. The number of hydrogen-bond acceptors (Lipinski definition) is 4. The van der Waals surface area contributed by atoms with Crippen LogP contribution in [-0.2, 0) is 10.0 Å². The molecule has 1 aliphatic heterocycles. The van der Waals surface area contributed by atoms with Gasteiger partial charge < -0.3 is 10.1 Å². The lowest BCUT2D eigenvalue weighted by atomic mass is 10.1. The zero-order valence-electron chi connectivity index (χ0n) is 13.8. The van der Waals surface area contributed by atoms with E-state index in [1.807, 2.05) is 13.8 Å². The maximum absolute atomic E-state index is 13.0. The summed E-state index contributed by atoms with van der Waals surface area (Å²) in [6, 6.07) is 4.46. The quantitative estimate of drug-likeness (QED) is 0.889. The number of benzene rings is 1. The highest BCUT2D eigenvalue weighted by Crippen LogP contribution is 2.31. The van der Waals surface area contributed by atoms with Crippen LogP contribution in [0.25, 0.3) is 0 Å². The lowest BCUT2D eigenvalue weighted by Gasteiger charge is -2.32. The Balaban J connectivity index is 2.46. The van der Waals surface area contributed by atoms with Gasteiger partial charge in [0.05, 0.1) is 7.11 Å². The highest BCUT2D eigenvalue weighted by molar-refractivity contribution is 7.89. The fourth-order valence-electron chi connectivity index (χ4n) is 2.84. The van der Waals surface area contributed by atoms with Crippen molar-refractivity contribution in [2.75, 3.05) is 20.2 Å². The maximum atomic E-state index is 13.0. The van der Waals surface area contributed by atoms with E-state index in [9.17, 15) is 13.2 Å². The largest absolute Gasteiger partial charge is 0.495 e. The summed E-state index contributed by atoms with van der Waals surface area (Å²) in [5.41, 5.74) is 0.316. The molecule has 0 saturated carbocycles. The minimum Gasteiger partial charge on any atom is -0.495 e. The van der Waals surface area contributed by atoms with Crippen molar-refractivity contribution in [3.8, 4) is 5.75 Å². The summed E-state index contributed by atoms with van der Waals surface area (Å²) in [5.74, 6) is -0.0332. The smallest absolute Gasteiger partial charge is 0.251 e. The monoisotopic (exact) mass is 340 g/mol. The van der Waals surface area contributed by atoms with Crippen LogP contribution in [0.4, 0.5) is 0 Å². The van der Waals surface area contributed by atoms with Crippen molar-refractivity contribution in [2.24, 2.45) is 0 Å². The predicted molar refractivity (Wildman–Crippen MR) is 88.2 cm³/mol. The molecule has 1 aromatic carbocycles. The standard InChI is InChI=1S/C16H24N2O4S/c1-4-17-16(19)13-8-9-14(22-3)15(11-13)23(20,21)18-10-6-5-7-12(18)2/h8-9,11-12H,4-7,10H2,1-3H3,(H,17,19). The van der Waals surface area contributed by atoms with Gasteiger partial charge in [0.15, 0.2) is 0 Å². The second-order valence-corrected chi connectivity index (χ2v) is 7.54. The SMILES string of the molecule is CCNC(=O)c1ccc(OC)c(S(=O)(=O)N2CCCCC2C)c1. The van der Waals surface area contributed by atoms with Crippen LogP contribution in [0.1, 0.15) is 43.5 Å². The number of ether oxygens (including phenoxy) is 1. The first kappa shape index (κ1) is 17.7. The van der Waals surface area contributed by atoms with Gasteiger partial charge in [0, 0.05) is 24.7 Å². The first-order valence-corrected chi connectivity index (χ1v) is 9.34. The zero-order valence-corrected chi connectivity index (χ0v) is 14.6. The molecule has 1 heterocycles. The van der Waals surface area contributed by atoms with E-state index in [-0.39, 0.29) is 22.6 Å². The van der Waals surface area contributed by atoms with Gasteiger partial charge in [-0.1, -0.05) is 6.42 Å². The highest BCUT2D eigenvalue weighted by atomic mass is 32.2. The van der Waals surface area contributed by atoms with Gasteiger partial charge in [-0.25, -0.2) is 8.42 Å². The third-order valence-electron chi connectivity index (χ3n) is 4.09. The summed E-state index contributed by atoms with van der Waals surface area (Å²) in [4.78, 5) is 12.1. The Morgan fingerprint density at radius 2 is 2.13 bits per heavy atom. The lowest BCUT2D eigenvalue weighted by molar-refractivity contribution is 0.0955. The van der Waals surface area contributed by atoms with Crippen molar-refractivity contribution in [3.05, 3.63) is 23.8 Å². The van der Waals surface area contributed by atoms with Crippen molar-refractivity contribution in [1.82, 2.24) is 9.62 Å². The summed E-state index contributed by atoms with van der Waals surface area (Å²) in [5, 5.41) is 2.68. The molecule has 1 unspecified atom stereocenters. The number of carbonyl (C=O) groups is 1. The van der Waals surface area contributed by atoms with Crippen LogP contribution in [-0.4, -0.2) is 44.9 Å². The van der Waals surface area contributed by atoms with E-state index in [4.69, 9.17) is 4.74 Å². The van der Waals surface area contributed by atoms with E-state index in [2.05, 4.69) is 5.32 Å². The molecule has 0 aromatic heterocycles. The Morgan fingerprint density at radius 1 is 1.39 bits per heavy atom. The molecule has 0 radical (unpaired) electrons. The minimum absolute atomic E-state index is 0.0495. The van der Waals surface area contributed by atoms with E-state index >= 15 is 0 Å². The maximum Gasteiger partial charge on any atom is 0.251 e. The topological polar surface area (TPSA) is 75.7 Å². The number of nitrogens with one attached hydrogen (secondary N) is 1. The third kappa shape index (κ3) is 3.67. The molecule has 1 saturated heterocycles. The summed E-state index contributed by atoms with van der Waals surface area (Å²) in [6.45, 7) is 4.71. The molecule has 6 nitrogen and oxygen atoms in total. The van der Waals surface area contributed by atoms with Crippen molar-refractivity contribution in [2.45, 2.75) is 44.0 Å². The first-order valence-electron chi connectivity index (χ1n) is 7.90. The molecule has 1 fully saturated rings. The highest BCUT2D eigenvalue weighted by Gasteiger charge is 2.33. The van der Waals surface area contributed by atoms with Crippen LogP contribution >= 0.6 is 0 Å². The molecular formula is C16H24N2O4S. The Morgan fingerprint density at radius 3 is 2.74 bits per heavy atom. The summed E-state index contributed by atoms with van der Waals surface area (Å²) >= 11 is 0. The van der Waals surface area contributed by atoms with Crippen molar-refractivity contribution in [3.63, 3.8) is 0 Å². The van der Waals surface area contributed by atoms with Crippen LogP contribution < -0.4 is 10.1 Å². The minimum atomic E-state index is -3.70. The van der Waals surface area contributed by atoms with Crippen molar-refractivity contribution >= 4 is 15.9 Å². The Hall–Kier alpha value is -1.60. The fourth-order valence-corrected chi connectivity index (χ4v) is 4.72. The van der Waals surface area contributed by atoms with Gasteiger partial charge in [0.25, 0.3) is 5.91 Å².